The van der Waals surface area contributed by atoms with E-state index in [2.05, 4.69) is 7.05 Å². The fraction of sp³-hybridized carbons (Fsp3) is 1.00. The molecule has 0 saturated carbocycles. The number of nitrogens with zero attached hydrogens (tertiary/aromatic N) is 1. The molecule has 0 aromatic rings. The van der Waals surface area contributed by atoms with E-state index in [1.54, 1.807) is 21.3 Å². The molecule has 0 amide bonds. The normalized spacial score (nSPS) is 12.0. The van der Waals surface area contributed by atoms with Crippen molar-refractivity contribution in [3.05, 3.63) is 0 Å². The monoisotopic (exact) mass is 338 g/mol. The molecule has 0 rings (SSSR count). The Labute approximate surface area is 141 Å². The molecule has 0 radical (unpaired) electrons. The van der Waals surface area contributed by atoms with Crippen LogP contribution >= 0.6 is 0 Å². The Hall–Kier alpha value is -0.280. The fourth-order valence-corrected chi connectivity index (χ4v) is 1.92. The van der Waals surface area contributed by atoms with E-state index < -0.39 is 0 Å². The molecule has 0 aliphatic carbocycles. The minimum atomic E-state index is 0.629. The van der Waals surface area contributed by atoms with Gasteiger partial charge in [-0.1, -0.05) is 0 Å². The summed E-state index contributed by atoms with van der Waals surface area (Å²) in [5, 5.41) is 0. The van der Waals surface area contributed by atoms with Crippen molar-refractivity contribution in [3.63, 3.8) is 0 Å². The van der Waals surface area contributed by atoms with Gasteiger partial charge in [0.2, 0.25) is 0 Å². The van der Waals surface area contributed by atoms with Gasteiger partial charge in [0.05, 0.1) is 66.5 Å². The van der Waals surface area contributed by atoms with Crippen molar-refractivity contribution in [1.82, 2.24) is 0 Å². The molecular weight excluding hydrogens is 302 g/mol. The van der Waals surface area contributed by atoms with Crippen LogP contribution in [0.4, 0.5) is 0 Å². The highest BCUT2D eigenvalue weighted by Crippen LogP contribution is 2.03. The zero-order valence-corrected chi connectivity index (χ0v) is 15.4. The minimum Gasteiger partial charge on any atom is -0.382 e. The van der Waals surface area contributed by atoms with Gasteiger partial charge in [0, 0.05) is 21.3 Å². The molecule has 0 heterocycles. The van der Waals surface area contributed by atoms with Crippen LogP contribution in [0.2, 0.25) is 0 Å². The highest BCUT2D eigenvalue weighted by molar-refractivity contribution is 4.43. The lowest BCUT2D eigenvalue weighted by molar-refractivity contribution is -0.910. The number of methoxy groups -OCH3 is 3. The van der Waals surface area contributed by atoms with Crippen LogP contribution in [-0.2, 0) is 28.4 Å². The van der Waals surface area contributed by atoms with Crippen molar-refractivity contribution in [1.29, 1.82) is 0 Å². The van der Waals surface area contributed by atoms with Crippen LogP contribution < -0.4 is 0 Å². The molecule has 23 heavy (non-hydrogen) atoms. The van der Waals surface area contributed by atoms with E-state index in [0.29, 0.717) is 59.5 Å². The third-order valence-electron chi connectivity index (χ3n) is 3.62. The molecule has 0 aromatic heterocycles. The Kier molecular flexibility index (Phi) is 16.4. The lowest BCUT2D eigenvalue weighted by Gasteiger charge is -2.34. The molecule has 0 atom stereocenters. The number of quaternary nitrogens is 1. The SMILES string of the molecule is COCCOCC[N+](C)(CCOCCOC)CCOCCOC. The molecule has 0 N–H and O–H groups in total. The highest BCUT2D eigenvalue weighted by Gasteiger charge is 2.21. The van der Waals surface area contributed by atoms with Crippen LogP contribution in [0.25, 0.3) is 0 Å². The minimum absolute atomic E-state index is 0.629. The van der Waals surface area contributed by atoms with Crippen molar-refractivity contribution >= 4 is 0 Å². The predicted octanol–water partition coefficient (Wildman–Crippen LogP) is 0.422. The number of hydrogen-bond acceptors (Lipinski definition) is 6. The van der Waals surface area contributed by atoms with E-state index in [9.17, 15) is 0 Å². The Bertz CT molecular complexity index is 207. The average Bonchev–Trinajstić information content (AvgIpc) is 2.54. The second-order valence-corrected chi connectivity index (χ2v) is 5.61. The number of likely N-dealkylation sites (N-methyl/N-ethyl adjacent to an activating group) is 1. The van der Waals surface area contributed by atoms with Crippen molar-refractivity contribution in [2.24, 2.45) is 0 Å². The summed E-state index contributed by atoms with van der Waals surface area (Å²) in [7, 11) is 7.24. The lowest BCUT2D eigenvalue weighted by atomic mass is 10.3. The van der Waals surface area contributed by atoms with Gasteiger partial charge in [0.1, 0.15) is 19.6 Å². The van der Waals surface area contributed by atoms with Gasteiger partial charge in [-0.05, 0) is 0 Å². The lowest BCUT2D eigenvalue weighted by Crippen LogP contribution is -2.50. The first-order chi connectivity index (χ1) is 11.2. The third kappa shape index (κ3) is 15.0. The topological polar surface area (TPSA) is 55.4 Å². The summed E-state index contributed by atoms with van der Waals surface area (Å²) in [6.07, 6.45) is 0. The molecule has 0 spiro atoms. The molecular formula is C16H36NO6+. The quantitative estimate of drug-likeness (QED) is 0.267. The number of hydrogen-bond donors (Lipinski definition) is 0. The van der Waals surface area contributed by atoms with E-state index in [1.807, 2.05) is 0 Å². The van der Waals surface area contributed by atoms with Gasteiger partial charge in [0.15, 0.2) is 0 Å². The number of rotatable bonds is 18. The molecule has 7 heteroatoms. The van der Waals surface area contributed by atoms with Gasteiger partial charge in [0.25, 0.3) is 0 Å². The maximum Gasteiger partial charge on any atom is 0.102 e. The summed E-state index contributed by atoms with van der Waals surface area (Å²) < 4.78 is 32.6. The number of ether oxygens (including phenoxy) is 6. The third-order valence-corrected chi connectivity index (χ3v) is 3.62. The van der Waals surface area contributed by atoms with Gasteiger partial charge in [-0.3, -0.25) is 0 Å². The summed E-state index contributed by atoms with van der Waals surface area (Å²) in [6, 6.07) is 0. The molecule has 0 unspecified atom stereocenters. The standard InChI is InChI=1S/C16H36NO6/c1-17(5-8-21-14-11-18-2,6-9-22-15-12-19-3)7-10-23-16-13-20-4/h5-16H2,1-4H3/q+1. The van der Waals surface area contributed by atoms with E-state index in [0.717, 1.165) is 24.1 Å². The average molecular weight is 338 g/mol. The van der Waals surface area contributed by atoms with E-state index in [-0.39, 0.29) is 0 Å². The maximum absolute atomic E-state index is 5.60. The molecule has 7 nitrogen and oxygen atoms in total. The Morgan fingerprint density at radius 2 is 0.783 bits per heavy atom. The fourth-order valence-electron chi connectivity index (χ4n) is 1.92. The highest BCUT2D eigenvalue weighted by atomic mass is 16.5. The van der Waals surface area contributed by atoms with Crippen molar-refractivity contribution in [3.8, 4) is 0 Å². The molecule has 0 aliphatic heterocycles. The van der Waals surface area contributed by atoms with Crippen molar-refractivity contribution in [2.75, 3.05) is 107 Å². The van der Waals surface area contributed by atoms with Crippen LogP contribution in [0, 0.1) is 0 Å². The first-order valence-electron chi connectivity index (χ1n) is 8.22. The first-order valence-corrected chi connectivity index (χ1v) is 8.22. The Balaban J connectivity index is 4.00. The van der Waals surface area contributed by atoms with E-state index in [1.165, 1.54) is 0 Å². The summed E-state index contributed by atoms with van der Waals surface area (Å²) in [5.41, 5.74) is 0. The Morgan fingerprint density at radius 1 is 0.478 bits per heavy atom. The Morgan fingerprint density at radius 3 is 1.04 bits per heavy atom. The van der Waals surface area contributed by atoms with Crippen LogP contribution in [-0.4, -0.2) is 112 Å². The molecule has 0 saturated heterocycles. The van der Waals surface area contributed by atoms with E-state index in [4.69, 9.17) is 28.4 Å². The van der Waals surface area contributed by atoms with Gasteiger partial charge >= 0.3 is 0 Å². The van der Waals surface area contributed by atoms with Crippen LogP contribution in [0.3, 0.4) is 0 Å². The van der Waals surface area contributed by atoms with Gasteiger partial charge in [-0.2, -0.15) is 0 Å². The largest absolute Gasteiger partial charge is 0.382 e. The molecule has 0 aliphatic rings. The molecule has 0 aromatic carbocycles. The second-order valence-electron chi connectivity index (χ2n) is 5.61. The summed E-state index contributed by atoms with van der Waals surface area (Å²) in [4.78, 5) is 0. The van der Waals surface area contributed by atoms with Gasteiger partial charge in [-0.15, -0.1) is 0 Å². The van der Waals surface area contributed by atoms with Gasteiger partial charge in [-0.25, -0.2) is 0 Å². The van der Waals surface area contributed by atoms with Crippen molar-refractivity contribution in [2.45, 2.75) is 0 Å². The predicted molar refractivity (Wildman–Crippen MR) is 88.9 cm³/mol. The molecule has 0 bridgehead atoms. The van der Waals surface area contributed by atoms with Crippen LogP contribution in [0.5, 0.6) is 0 Å². The zero-order chi connectivity index (χ0) is 17.2. The first kappa shape index (κ1) is 22.7. The maximum atomic E-state index is 5.60. The summed E-state index contributed by atoms with van der Waals surface area (Å²) in [5.74, 6) is 0. The molecule has 0 fully saturated rings. The molecule has 140 valence electrons. The summed E-state index contributed by atoms with van der Waals surface area (Å²) >= 11 is 0. The second kappa shape index (κ2) is 16.6. The van der Waals surface area contributed by atoms with Gasteiger partial charge < -0.3 is 32.9 Å². The summed E-state index contributed by atoms with van der Waals surface area (Å²) in [6.45, 7) is 8.66. The van der Waals surface area contributed by atoms with Crippen LogP contribution in [0.15, 0.2) is 0 Å². The zero-order valence-electron chi connectivity index (χ0n) is 15.4. The van der Waals surface area contributed by atoms with Crippen LogP contribution in [0.1, 0.15) is 0 Å². The van der Waals surface area contributed by atoms with Crippen molar-refractivity contribution < 1.29 is 32.9 Å². The smallest absolute Gasteiger partial charge is 0.102 e. The van der Waals surface area contributed by atoms with E-state index >= 15 is 0 Å².